The molecule has 1 aliphatic rings. The summed E-state index contributed by atoms with van der Waals surface area (Å²) >= 11 is 0. The molecule has 1 aliphatic carbocycles. The zero-order chi connectivity index (χ0) is 14.0. The molecule has 106 valence electrons. The fourth-order valence-corrected chi connectivity index (χ4v) is 2.68. The highest BCUT2D eigenvalue weighted by Gasteiger charge is 2.29. The number of carbonyl (C=O) groups excluding carboxylic acids is 1. The number of hydrogen-bond acceptors (Lipinski definition) is 4. The van der Waals surface area contributed by atoms with E-state index in [2.05, 4.69) is 18.8 Å². The molecule has 2 rings (SSSR count). The van der Waals surface area contributed by atoms with Crippen LogP contribution in [0.5, 0.6) is 0 Å². The van der Waals surface area contributed by atoms with Crippen molar-refractivity contribution in [1.29, 1.82) is 0 Å². The predicted octanol–water partition coefficient (Wildman–Crippen LogP) is 2.78. The van der Waals surface area contributed by atoms with Gasteiger partial charge in [0.25, 0.3) is 0 Å². The van der Waals surface area contributed by atoms with Crippen molar-refractivity contribution in [3.63, 3.8) is 0 Å². The van der Waals surface area contributed by atoms with Crippen molar-refractivity contribution >= 4 is 11.8 Å². The number of nitrogens with two attached hydrogens (primary N) is 1. The van der Waals surface area contributed by atoms with E-state index >= 15 is 0 Å². The summed E-state index contributed by atoms with van der Waals surface area (Å²) in [6.07, 6.45) is 6.17. The van der Waals surface area contributed by atoms with Crippen LogP contribution in [0.3, 0.4) is 0 Å². The Kier molecular flexibility index (Phi) is 3.83. The second-order valence-corrected chi connectivity index (χ2v) is 6.00. The Morgan fingerprint density at radius 2 is 2.16 bits per heavy atom. The number of aromatic nitrogens is 2. The Balaban J connectivity index is 2.12. The zero-order valence-corrected chi connectivity index (χ0v) is 12.0. The van der Waals surface area contributed by atoms with Gasteiger partial charge in [0.1, 0.15) is 5.82 Å². The van der Waals surface area contributed by atoms with Gasteiger partial charge in [0, 0.05) is 6.04 Å². The molecule has 0 atom stereocenters. The summed E-state index contributed by atoms with van der Waals surface area (Å²) in [5.74, 6) is -0.00181. The molecule has 5 nitrogen and oxygen atoms in total. The van der Waals surface area contributed by atoms with Gasteiger partial charge in [-0.3, -0.25) is 0 Å². The third kappa shape index (κ3) is 2.91. The quantitative estimate of drug-likeness (QED) is 0.853. The molecule has 1 fully saturated rings. The van der Waals surface area contributed by atoms with E-state index in [1.807, 2.05) is 4.57 Å². The van der Waals surface area contributed by atoms with Crippen LogP contribution in [0.1, 0.15) is 63.0 Å². The number of anilines is 1. The first kappa shape index (κ1) is 13.9. The van der Waals surface area contributed by atoms with Crippen molar-refractivity contribution in [2.75, 3.05) is 12.3 Å². The van der Waals surface area contributed by atoms with Crippen LogP contribution in [0, 0.1) is 5.41 Å². The molecule has 1 aromatic rings. The monoisotopic (exact) mass is 265 g/mol. The van der Waals surface area contributed by atoms with Gasteiger partial charge in [0.2, 0.25) is 0 Å². The first-order chi connectivity index (χ1) is 8.94. The number of hydrogen-bond donors (Lipinski definition) is 1. The zero-order valence-electron chi connectivity index (χ0n) is 12.0. The average Bonchev–Trinajstić information content (AvgIpc) is 2.72. The minimum atomic E-state index is -0.435. The summed E-state index contributed by atoms with van der Waals surface area (Å²) in [4.78, 5) is 15.8. The van der Waals surface area contributed by atoms with Crippen LogP contribution in [0.15, 0.2) is 6.33 Å². The van der Waals surface area contributed by atoms with Gasteiger partial charge < -0.3 is 15.0 Å². The highest BCUT2D eigenvalue weighted by molar-refractivity contribution is 5.92. The molecular formula is C14H23N3O2. The van der Waals surface area contributed by atoms with Gasteiger partial charge in [-0.05, 0) is 38.0 Å². The van der Waals surface area contributed by atoms with Crippen LogP contribution < -0.4 is 5.73 Å². The summed E-state index contributed by atoms with van der Waals surface area (Å²) in [5, 5.41) is 0. The molecule has 1 aromatic heterocycles. The van der Waals surface area contributed by atoms with Gasteiger partial charge in [0.15, 0.2) is 5.69 Å². The first-order valence-corrected chi connectivity index (χ1v) is 6.94. The van der Waals surface area contributed by atoms with Gasteiger partial charge in [-0.2, -0.15) is 0 Å². The van der Waals surface area contributed by atoms with Gasteiger partial charge in [-0.25, -0.2) is 9.78 Å². The summed E-state index contributed by atoms with van der Waals surface area (Å²) in [6, 6.07) is 0.351. The summed E-state index contributed by atoms with van der Waals surface area (Å²) in [6.45, 7) is 6.70. The molecule has 1 heterocycles. The Labute approximate surface area is 114 Å². The average molecular weight is 265 g/mol. The smallest absolute Gasteiger partial charge is 0.360 e. The maximum atomic E-state index is 11.7. The van der Waals surface area contributed by atoms with Crippen LogP contribution >= 0.6 is 0 Å². The molecule has 0 amide bonds. The van der Waals surface area contributed by atoms with E-state index < -0.39 is 5.97 Å². The predicted molar refractivity (Wildman–Crippen MR) is 73.9 cm³/mol. The Morgan fingerprint density at radius 3 is 2.74 bits per heavy atom. The van der Waals surface area contributed by atoms with Gasteiger partial charge in [-0.15, -0.1) is 0 Å². The number of esters is 1. The molecule has 0 saturated heterocycles. The fourth-order valence-electron chi connectivity index (χ4n) is 2.68. The lowest BCUT2D eigenvalue weighted by atomic mass is 9.75. The number of ether oxygens (including phenoxy) is 1. The first-order valence-electron chi connectivity index (χ1n) is 6.94. The lowest BCUT2D eigenvalue weighted by molar-refractivity contribution is 0.0521. The largest absolute Gasteiger partial charge is 0.461 e. The molecule has 0 unspecified atom stereocenters. The second-order valence-electron chi connectivity index (χ2n) is 6.00. The van der Waals surface area contributed by atoms with Gasteiger partial charge in [-0.1, -0.05) is 13.8 Å². The Hall–Kier alpha value is -1.52. The minimum absolute atomic E-state index is 0.242. The topological polar surface area (TPSA) is 70.1 Å². The molecule has 19 heavy (non-hydrogen) atoms. The molecule has 1 saturated carbocycles. The van der Waals surface area contributed by atoms with Crippen LogP contribution in [0.2, 0.25) is 0 Å². The minimum Gasteiger partial charge on any atom is -0.461 e. The van der Waals surface area contributed by atoms with E-state index in [-0.39, 0.29) is 5.69 Å². The van der Waals surface area contributed by atoms with Crippen molar-refractivity contribution in [2.45, 2.75) is 52.5 Å². The molecule has 0 aliphatic heterocycles. The van der Waals surface area contributed by atoms with Crippen molar-refractivity contribution < 1.29 is 9.53 Å². The molecule has 0 radical (unpaired) electrons. The Bertz CT molecular complexity index is 455. The maximum absolute atomic E-state index is 11.7. The van der Waals surface area contributed by atoms with E-state index in [4.69, 9.17) is 10.5 Å². The van der Waals surface area contributed by atoms with E-state index in [0.29, 0.717) is 23.9 Å². The number of carbonyl (C=O) groups is 1. The summed E-state index contributed by atoms with van der Waals surface area (Å²) in [5.41, 5.74) is 6.69. The summed E-state index contributed by atoms with van der Waals surface area (Å²) < 4.78 is 6.88. The van der Waals surface area contributed by atoms with E-state index in [0.717, 1.165) is 12.8 Å². The van der Waals surface area contributed by atoms with Crippen LogP contribution in [-0.4, -0.2) is 22.1 Å². The normalized spacial score (nSPS) is 19.3. The van der Waals surface area contributed by atoms with Crippen molar-refractivity contribution in [1.82, 2.24) is 9.55 Å². The number of rotatable bonds is 3. The standard InChI is InChI=1S/C14H23N3O2/c1-4-19-13(18)11-12(15)17(9-16-11)10-5-7-14(2,3)8-6-10/h9-10H,4-8,15H2,1-3H3. The van der Waals surface area contributed by atoms with Gasteiger partial charge in [0.05, 0.1) is 12.9 Å². The molecular weight excluding hydrogens is 242 g/mol. The second kappa shape index (κ2) is 5.23. The van der Waals surface area contributed by atoms with E-state index in [9.17, 15) is 4.79 Å². The molecule has 0 aromatic carbocycles. The number of nitrogen functional groups attached to an aromatic ring is 1. The van der Waals surface area contributed by atoms with Crippen LogP contribution in [0.25, 0.3) is 0 Å². The lowest BCUT2D eigenvalue weighted by Gasteiger charge is -2.35. The highest BCUT2D eigenvalue weighted by Crippen LogP contribution is 2.41. The van der Waals surface area contributed by atoms with Crippen LogP contribution in [-0.2, 0) is 4.74 Å². The number of nitrogens with zero attached hydrogens (tertiary/aromatic N) is 2. The maximum Gasteiger partial charge on any atom is 0.360 e. The van der Waals surface area contributed by atoms with Crippen molar-refractivity contribution in [3.05, 3.63) is 12.0 Å². The molecule has 2 N–H and O–H groups in total. The molecule has 5 heteroatoms. The lowest BCUT2D eigenvalue weighted by Crippen LogP contribution is -2.24. The van der Waals surface area contributed by atoms with Gasteiger partial charge >= 0.3 is 5.97 Å². The van der Waals surface area contributed by atoms with Crippen molar-refractivity contribution in [3.8, 4) is 0 Å². The highest BCUT2D eigenvalue weighted by atomic mass is 16.5. The SMILES string of the molecule is CCOC(=O)c1ncn(C2CCC(C)(C)CC2)c1N. The fraction of sp³-hybridized carbons (Fsp3) is 0.714. The Morgan fingerprint density at radius 1 is 1.53 bits per heavy atom. The molecule has 0 spiro atoms. The van der Waals surface area contributed by atoms with E-state index in [1.54, 1.807) is 13.3 Å². The van der Waals surface area contributed by atoms with Crippen LogP contribution in [0.4, 0.5) is 5.82 Å². The third-order valence-corrected chi connectivity index (χ3v) is 4.00. The third-order valence-electron chi connectivity index (χ3n) is 4.00. The molecule has 0 bridgehead atoms. The number of imidazole rings is 1. The summed E-state index contributed by atoms with van der Waals surface area (Å²) in [7, 11) is 0. The van der Waals surface area contributed by atoms with E-state index in [1.165, 1.54) is 12.8 Å². The van der Waals surface area contributed by atoms with Crippen molar-refractivity contribution in [2.24, 2.45) is 5.41 Å².